The SMILES string of the molecule is N[C@H]1CCCc2c1cc(Br)cc2C(F)(F)F. The Labute approximate surface area is 100.0 Å². The van der Waals surface area contributed by atoms with Gasteiger partial charge in [-0.3, -0.25) is 0 Å². The molecule has 88 valence electrons. The van der Waals surface area contributed by atoms with Crippen molar-refractivity contribution in [1.29, 1.82) is 0 Å². The second kappa shape index (κ2) is 4.04. The fraction of sp³-hybridized carbons (Fsp3) is 0.455. The van der Waals surface area contributed by atoms with Crippen molar-refractivity contribution in [1.82, 2.24) is 0 Å². The van der Waals surface area contributed by atoms with Gasteiger partial charge in [0, 0.05) is 10.5 Å². The Morgan fingerprint density at radius 2 is 2.00 bits per heavy atom. The number of halogens is 4. The molecule has 0 saturated heterocycles. The van der Waals surface area contributed by atoms with Gasteiger partial charge in [0.25, 0.3) is 0 Å². The molecule has 0 bridgehead atoms. The first-order valence-electron chi connectivity index (χ1n) is 5.04. The molecule has 2 rings (SSSR count). The van der Waals surface area contributed by atoms with Gasteiger partial charge in [0.05, 0.1) is 5.56 Å². The fourth-order valence-electron chi connectivity index (χ4n) is 2.17. The number of benzene rings is 1. The highest BCUT2D eigenvalue weighted by Gasteiger charge is 2.36. The second-order valence-electron chi connectivity index (χ2n) is 4.02. The van der Waals surface area contributed by atoms with Crippen LogP contribution < -0.4 is 5.73 Å². The fourth-order valence-corrected chi connectivity index (χ4v) is 2.65. The summed E-state index contributed by atoms with van der Waals surface area (Å²) in [5.74, 6) is 0. The summed E-state index contributed by atoms with van der Waals surface area (Å²) in [5, 5.41) is 0. The lowest BCUT2D eigenvalue weighted by atomic mass is 9.85. The summed E-state index contributed by atoms with van der Waals surface area (Å²) in [7, 11) is 0. The van der Waals surface area contributed by atoms with E-state index in [0.717, 1.165) is 18.9 Å². The Kier molecular flexibility index (Phi) is 3.01. The van der Waals surface area contributed by atoms with Crippen molar-refractivity contribution >= 4 is 15.9 Å². The number of alkyl halides is 3. The summed E-state index contributed by atoms with van der Waals surface area (Å²) >= 11 is 3.11. The smallest absolute Gasteiger partial charge is 0.324 e. The molecule has 0 saturated carbocycles. The third-order valence-electron chi connectivity index (χ3n) is 2.90. The van der Waals surface area contributed by atoms with E-state index in [1.807, 2.05) is 0 Å². The molecule has 0 unspecified atom stereocenters. The van der Waals surface area contributed by atoms with E-state index in [1.54, 1.807) is 6.07 Å². The Morgan fingerprint density at radius 1 is 1.31 bits per heavy atom. The van der Waals surface area contributed by atoms with E-state index in [1.165, 1.54) is 0 Å². The lowest BCUT2D eigenvalue weighted by Gasteiger charge is -2.25. The van der Waals surface area contributed by atoms with Gasteiger partial charge in [-0.2, -0.15) is 13.2 Å². The van der Waals surface area contributed by atoms with Crippen LogP contribution in [0.1, 0.15) is 35.6 Å². The first-order valence-corrected chi connectivity index (χ1v) is 5.84. The molecule has 1 aliphatic carbocycles. The molecule has 1 aromatic rings. The molecule has 0 amide bonds. The molecule has 0 aromatic heterocycles. The van der Waals surface area contributed by atoms with Crippen molar-refractivity contribution in [3.05, 3.63) is 33.3 Å². The van der Waals surface area contributed by atoms with E-state index in [4.69, 9.17) is 5.73 Å². The monoisotopic (exact) mass is 293 g/mol. The molecule has 2 N–H and O–H groups in total. The zero-order valence-corrected chi connectivity index (χ0v) is 10.0. The van der Waals surface area contributed by atoms with Gasteiger partial charge in [-0.05, 0) is 42.5 Å². The Balaban J connectivity index is 2.62. The third kappa shape index (κ3) is 2.11. The van der Waals surface area contributed by atoms with Gasteiger partial charge in [0.15, 0.2) is 0 Å². The van der Waals surface area contributed by atoms with E-state index >= 15 is 0 Å². The van der Waals surface area contributed by atoms with Crippen LogP contribution in [-0.4, -0.2) is 0 Å². The molecule has 1 aliphatic rings. The average Bonchev–Trinajstić information content (AvgIpc) is 2.17. The molecule has 0 fully saturated rings. The zero-order valence-electron chi connectivity index (χ0n) is 8.44. The number of nitrogens with two attached hydrogens (primary N) is 1. The molecule has 0 heterocycles. The molecule has 1 aromatic carbocycles. The number of fused-ring (bicyclic) bond motifs is 1. The number of hydrogen-bond donors (Lipinski definition) is 1. The second-order valence-corrected chi connectivity index (χ2v) is 4.93. The molecule has 1 nitrogen and oxygen atoms in total. The van der Waals surface area contributed by atoms with Crippen LogP contribution in [0.15, 0.2) is 16.6 Å². The highest BCUT2D eigenvalue weighted by Crippen LogP contribution is 2.40. The average molecular weight is 294 g/mol. The maximum atomic E-state index is 12.8. The maximum Gasteiger partial charge on any atom is 0.416 e. The molecule has 1 atom stereocenters. The van der Waals surface area contributed by atoms with Gasteiger partial charge in [0.2, 0.25) is 0 Å². The minimum absolute atomic E-state index is 0.276. The molecule has 0 spiro atoms. The number of rotatable bonds is 0. The Bertz CT molecular complexity index is 414. The Hall–Kier alpha value is -0.550. The molecular formula is C11H11BrF3N. The predicted molar refractivity (Wildman–Crippen MR) is 59.0 cm³/mol. The summed E-state index contributed by atoms with van der Waals surface area (Å²) in [6.07, 6.45) is -2.37. The predicted octanol–water partition coefficient (Wildman–Crippen LogP) is 3.80. The van der Waals surface area contributed by atoms with Crippen LogP contribution in [0.5, 0.6) is 0 Å². The molecule has 0 aliphatic heterocycles. The van der Waals surface area contributed by atoms with Crippen LogP contribution >= 0.6 is 15.9 Å². The van der Waals surface area contributed by atoms with Crippen molar-refractivity contribution in [2.45, 2.75) is 31.5 Å². The van der Waals surface area contributed by atoms with Crippen LogP contribution in [-0.2, 0) is 12.6 Å². The van der Waals surface area contributed by atoms with E-state index in [9.17, 15) is 13.2 Å². The van der Waals surface area contributed by atoms with Gasteiger partial charge in [-0.1, -0.05) is 15.9 Å². The van der Waals surface area contributed by atoms with E-state index in [2.05, 4.69) is 15.9 Å². The normalized spacial score (nSPS) is 20.7. The van der Waals surface area contributed by atoms with Crippen molar-refractivity contribution in [2.24, 2.45) is 5.73 Å². The van der Waals surface area contributed by atoms with Gasteiger partial charge in [-0.25, -0.2) is 0 Å². The van der Waals surface area contributed by atoms with E-state index in [0.29, 0.717) is 22.0 Å². The summed E-state index contributed by atoms with van der Waals surface area (Å²) < 4.78 is 38.9. The molecule has 16 heavy (non-hydrogen) atoms. The minimum Gasteiger partial charge on any atom is -0.324 e. The van der Waals surface area contributed by atoms with Crippen molar-refractivity contribution in [2.75, 3.05) is 0 Å². The lowest BCUT2D eigenvalue weighted by Crippen LogP contribution is -2.21. The van der Waals surface area contributed by atoms with Crippen molar-refractivity contribution < 1.29 is 13.2 Å². The highest BCUT2D eigenvalue weighted by molar-refractivity contribution is 9.10. The number of hydrogen-bond acceptors (Lipinski definition) is 1. The lowest BCUT2D eigenvalue weighted by molar-refractivity contribution is -0.138. The minimum atomic E-state index is -4.30. The van der Waals surface area contributed by atoms with Gasteiger partial charge in [-0.15, -0.1) is 0 Å². The van der Waals surface area contributed by atoms with Crippen LogP contribution in [0, 0.1) is 0 Å². The molecular weight excluding hydrogens is 283 g/mol. The van der Waals surface area contributed by atoms with Crippen molar-refractivity contribution in [3.8, 4) is 0 Å². The third-order valence-corrected chi connectivity index (χ3v) is 3.35. The van der Waals surface area contributed by atoms with E-state index < -0.39 is 11.7 Å². The van der Waals surface area contributed by atoms with Crippen LogP contribution in [0.2, 0.25) is 0 Å². The van der Waals surface area contributed by atoms with Gasteiger partial charge in [0.1, 0.15) is 0 Å². The topological polar surface area (TPSA) is 26.0 Å². The van der Waals surface area contributed by atoms with Crippen LogP contribution in [0.3, 0.4) is 0 Å². The highest BCUT2D eigenvalue weighted by atomic mass is 79.9. The zero-order chi connectivity index (χ0) is 11.9. The molecule has 5 heteroatoms. The summed E-state index contributed by atoms with van der Waals surface area (Å²) in [6, 6.07) is 2.56. The maximum absolute atomic E-state index is 12.8. The largest absolute Gasteiger partial charge is 0.416 e. The van der Waals surface area contributed by atoms with Crippen LogP contribution in [0.25, 0.3) is 0 Å². The summed E-state index contributed by atoms with van der Waals surface area (Å²) in [6.45, 7) is 0. The quantitative estimate of drug-likeness (QED) is 0.773. The van der Waals surface area contributed by atoms with Crippen LogP contribution in [0.4, 0.5) is 13.2 Å². The van der Waals surface area contributed by atoms with Crippen molar-refractivity contribution in [3.63, 3.8) is 0 Å². The first-order chi connectivity index (χ1) is 7.39. The summed E-state index contributed by atoms with van der Waals surface area (Å²) in [4.78, 5) is 0. The first kappa shape index (κ1) is 11.9. The summed E-state index contributed by atoms with van der Waals surface area (Å²) in [5.41, 5.74) is 6.29. The van der Waals surface area contributed by atoms with Gasteiger partial charge >= 0.3 is 6.18 Å². The van der Waals surface area contributed by atoms with E-state index in [-0.39, 0.29) is 6.04 Å². The molecule has 0 radical (unpaired) electrons. The van der Waals surface area contributed by atoms with Gasteiger partial charge < -0.3 is 5.73 Å². The standard InChI is InChI=1S/C11H11BrF3N/c12-6-4-8-7(2-1-3-10(8)16)9(5-6)11(13,14)15/h4-5,10H,1-3,16H2/t10-/m0/s1. The Morgan fingerprint density at radius 3 is 2.62 bits per heavy atom.